The Labute approximate surface area is 230 Å². The molecule has 4 nitrogen and oxygen atoms in total. The number of hydrogen-bond donors (Lipinski definition) is 2. The highest BCUT2D eigenvalue weighted by Crippen LogP contribution is 2.65. The van der Waals surface area contributed by atoms with Gasteiger partial charge in [0.15, 0.2) is 0 Å². The van der Waals surface area contributed by atoms with Crippen molar-refractivity contribution in [1.82, 2.24) is 0 Å². The first-order chi connectivity index (χ1) is 16.4. The summed E-state index contributed by atoms with van der Waals surface area (Å²) in [5, 5.41) is 6.19. The first-order valence-corrected chi connectivity index (χ1v) is 12.4. The lowest BCUT2D eigenvalue weighted by molar-refractivity contribution is -0.117. The van der Waals surface area contributed by atoms with E-state index in [-0.39, 0.29) is 25.7 Å². The molecule has 0 unspecified atom stereocenters. The number of anilines is 2. The fraction of sp³-hybridized carbons (Fsp3) is 0.167. The highest BCUT2D eigenvalue weighted by atomic mass is 35.5. The highest BCUT2D eigenvalue weighted by Gasteiger charge is 2.67. The second-order valence-electron chi connectivity index (χ2n) is 8.03. The summed E-state index contributed by atoms with van der Waals surface area (Å²) < 4.78 is 12.0. The third-order valence-electron chi connectivity index (χ3n) is 5.62. The maximum absolute atomic E-state index is 13.4. The number of hydrogen-bond acceptors (Lipinski definition) is 2. The lowest BCUT2D eigenvalue weighted by Crippen LogP contribution is -2.18. The van der Waals surface area contributed by atoms with Crippen molar-refractivity contribution in [3.8, 4) is 0 Å². The molecule has 0 saturated heterocycles. The van der Waals surface area contributed by atoms with Crippen LogP contribution in [0.15, 0.2) is 48.5 Å². The van der Waals surface area contributed by atoms with Gasteiger partial charge in [0.1, 0.15) is 10.2 Å². The van der Waals surface area contributed by atoms with Gasteiger partial charge in [-0.2, -0.15) is 0 Å². The van der Waals surface area contributed by atoms with Gasteiger partial charge in [0, 0.05) is 17.3 Å². The quantitative estimate of drug-likeness (QED) is 0.230. The van der Waals surface area contributed by atoms with Gasteiger partial charge in [0.2, 0.25) is 5.91 Å². The van der Waals surface area contributed by atoms with Gasteiger partial charge in [0.25, 0.3) is 5.91 Å². The van der Waals surface area contributed by atoms with Crippen molar-refractivity contribution in [3.05, 3.63) is 91.1 Å². The monoisotopic (exact) mass is 592 g/mol. The maximum Gasteiger partial charge on any atom is 0.257 e. The molecule has 35 heavy (non-hydrogen) atoms. The summed E-state index contributed by atoms with van der Waals surface area (Å²) in [5.41, 5.74) is 1.96. The number of carbonyl (C=O) groups excluding carboxylic acids is 2. The molecule has 0 radical (unpaired) electrons. The molecule has 0 spiro atoms. The maximum atomic E-state index is 13.4. The van der Waals surface area contributed by atoms with Crippen LogP contribution in [0.3, 0.4) is 0 Å². The van der Waals surface area contributed by atoms with Crippen LogP contribution in [0.2, 0.25) is 20.1 Å². The molecule has 0 heterocycles. The lowest BCUT2D eigenvalue weighted by atomic mass is 10.1. The van der Waals surface area contributed by atoms with Crippen molar-refractivity contribution >= 4 is 92.8 Å². The average Bonchev–Trinajstić information content (AvgIpc) is 3.37. The van der Waals surface area contributed by atoms with E-state index in [1.807, 2.05) is 0 Å². The van der Waals surface area contributed by atoms with Crippen molar-refractivity contribution in [2.45, 2.75) is 17.2 Å². The number of amides is 2. The van der Waals surface area contributed by atoms with Crippen LogP contribution in [-0.2, 0) is 4.79 Å². The number of nitrogens with one attached hydrogen (secondary N) is 2. The van der Waals surface area contributed by atoms with Crippen molar-refractivity contribution in [1.29, 1.82) is 0 Å². The van der Waals surface area contributed by atoms with E-state index in [1.165, 1.54) is 36.4 Å². The van der Waals surface area contributed by atoms with Crippen molar-refractivity contribution in [2.24, 2.45) is 5.92 Å². The topological polar surface area (TPSA) is 58.2 Å². The summed E-state index contributed by atoms with van der Waals surface area (Å²) in [6, 6.07) is 11.5. The Morgan fingerprint density at radius 2 is 1.54 bits per heavy atom. The smallest absolute Gasteiger partial charge is 0.257 e. The summed E-state index contributed by atoms with van der Waals surface area (Å²) in [4.78, 5) is 25.8. The molecule has 1 aliphatic carbocycles. The van der Waals surface area contributed by atoms with Gasteiger partial charge in [-0.1, -0.05) is 46.4 Å². The fourth-order valence-electron chi connectivity index (χ4n) is 3.78. The molecular weight excluding hydrogens is 580 g/mol. The number of carbonyl (C=O) groups is 2. The van der Waals surface area contributed by atoms with E-state index in [1.54, 1.807) is 19.1 Å². The van der Waals surface area contributed by atoms with E-state index in [4.69, 9.17) is 69.6 Å². The zero-order chi connectivity index (χ0) is 25.7. The Hall–Kier alpha value is -1.73. The lowest BCUT2D eigenvalue weighted by Gasteiger charge is -2.12. The molecule has 182 valence electrons. The van der Waals surface area contributed by atoms with E-state index >= 15 is 0 Å². The molecule has 2 atom stereocenters. The minimum absolute atomic E-state index is 0.111. The molecule has 1 fully saturated rings. The first-order valence-electron chi connectivity index (χ1n) is 10.1. The Kier molecular flexibility index (Phi) is 7.50. The van der Waals surface area contributed by atoms with Crippen LogP contribution in [0.5, 0.6) is 0 Å². The third-order valence-corrected chi connectivity index (χ3v) is 8.08. The predicted molar refractivity (Wildman–Crippen MR) is 141 cm³/mol. The van der Waals surface area contributed by atoms with Crippen LogP contribution < -0.4 is 10.6 Å². The SMILES string of the molecule is Cc1cc(F)ccc1NC(=O)c1cc(NC(=O)[C@H]2[C@H](c3cc(Cl)c(Cl)c(Cl)c3)C2(Cl)Cl)ccc1Cl. The number of halogens is 7. The van der Waals surface area contributed by atoms with E-state index in [2.05, 4.69) is 10.6 Å². The number of aryl methyl sites for hydroxylation is 1. The molecule has 4 rings (SSSR count). The molecule has 11 heteroatoms. The van der Waals surface area contributed by atoms with Crippen LogP contribution in [0.25, 0.3) is 0 Å². The first kappa shape index (κ1) is 26.3. The number of alkyl halides is 2. The van der Waals surface area contributed by atoms with E-state index in [9.17, 15) is 14.0 Å². The standard InChI is InChI=1S/C24H15Cl6FN2O2/c1-10-6-12(31)2-5-18(10)33-22(34)14-9-13(3-4-15(14)25)32-23(35)20-19(24(20,29)30)11-7-16(26)21(28)17(27)8-11/h2-9,19-20H,1H3,(H,32,35)(H,33,34)/t19-,20+/m0/s1. The van der Waals surface area contributed by atoms with Gasteiger partial charge in [-0.05, 0) is 66.6 Å². The minimum atomic E-state index is -1.39. The van der Waals surface area contributed by atoms with Crippen molar-refractivity contribution in [3.63, 3.8) is 0 Å². The van der Waals surface area contributed by atoms with Gasteiger partial charge in [-0.15, -0.1) is 23.2 Å². The summed E-state index contributed by atoms with van der Waals surface area (Å²) in [6.45, 7) is 1.66. The third kappa shape index (κ3) is 5.36. The molecule has 0 aromatic heterocycles. The van der Waals surface area contributed by atoms with Crippen LogP contribution in [0, 0.1) is 18.7 Å². The normalized spacial score (nSPS) is 18.2. The summed E-state index contributed by atoms with van der Waals surface area (Å²) >= 11 is 37.2. The summed E-state index contributed by atoms with van der Waals surface area (Å²) in [6.07, 6.45) is 0. The Morgan fingerprint density at radius 3 is 2.17 bits per heavy atom. The molecule has 3 aromatic carbocycles. The fourth-order valence-corrected chi connectivity index (χ4v) is 5.42. The predicted octanol–water partition coefficient (Wildman–Crippen LogP) is 8.53. The van der Waals surface area contributed by atoms with Crippen LogP contribution in [0.1, 0.15) is 27.4 Å². The molecule has 2 amide bonds. The van der Waals surface area contributed by atoms with Gasteiger partial charge in [-0.3, -0.25) is 9.59 Å². The van der Waals surface area contributed by atoms with Crippen LogP contribution in [0.4, 0.5) is 15.8 Å². The number of rotatable bonds is 5. The van der Waals surface area contributed by atoms with E-state index in [0.717, 1.165) is 0 Å². The number of benzene rings is 3. The minimum Gasteiger partial charge on any atom is -0.326 e. The highest BCUT2D eigenvalue weighted by molar-refractivity contribution is 6.54. The van der Waals surface area contributed by atoms with Crippen LogP contribution in [-0.4, -0.2) is 16.1 Å². The molecule has 1 saturated carbocycles. The average molecular weight is 595 g/mol. The second-order valence-corrected chi connectivity index (χ2v) is 11.1. The summed E-state index contributed by atoms with van der Waals surface area (Å²) in [7, 11) is 0. The second kappa shape index (κ2) is 9.97. The Morgan fingerprint density at radius 1 is 0.886 bits per heavy atom. The van der Waals surface area contributed by atoms with Crippen molar-refractivity contribution < 1.29 is 14.0 Å². The molecule has 3 aromatic rings. The molecular formula is C24H15Cl6FN2O2. The van der Waals surface area contributed by atoms with Gasteiger partial charge < -0.3 is 10.6 Å². The van der Waals surface area contributed by atoms with Gasteiger partial charge in [0.05, 0.1) is 31.6 Å². The van der Waals surface area contributed by atoms with Gasteiger partial charge >= 0.3 is 0 Å². The molecule has 2 N–H and O–H groups in total. The van der Waals surface area contributed by atoms with E-state index in [0.29, 0.717) is 22.5 Å². The van der Waals surface area contributed by atoms with Gasteiger partial charge in [-0.25, -0.2) is 4.39 Å². The zero-order valence-electron chi connectivity index (χ0n) is 17.7. The molecule has 0 bridgehead atoms. The molecule has 0 aliphatic heterocycles. The summed E-state index contributed by atoms with van der Waals surface area (Å²) in [5.74, 6) is -2.80. The molecule has 1 aliphatic rings. The Balaban J connectivity index is 1.52. The largest absolute Gasteiger partial charge is 0.326 e. The zero-order valence-corrected chi connectivity index (χ0v) is 22.3. The van der Waals surface area contributed by atoms with Crippen molar-refractivity contribution in [2.75, 3.05) is 10.6 Å². The van der Waals surface area contributed by atoms with Crippen LogP contribution >= 0.6 is 69.6 Å². The Bertz CT molecular complexity index is 1340. The van der Waals surface area contributed by atoms with E-state index < -0.39 is 33.8 Å².